The molecule has 0 radical (unpaired) electrons. The summed E-state index contributed by atoms with van der Waals surface area (Å²) in [4.78, 5) is 21.2. The normalized spacial score (nSPS) is 18.3. The van der Waals surface area contributed by atoms with Gasteiger partial charge in [0.1, 0.15) is 5.52 Å². The fourth-order valence-electron chi connectivity index (χ4n) is 2.20. The number of nitrogens with zero attached hydrogens (tertiary/aromatic N) is 2. The van der Waals surface area contributed by atoms with E-state index in [1.54, 1.807) is 6.92 Å². The Balaban J connectivity index is 1.74. The Kier molecular flexibility index (Phi) is 4.78. The van der Waals surface area contributed by atoms with Crippen LogP contribution in [-0.4, -0.2) is 34.3 Å². The third kappa shape index (κ3) is 3.80. The van der Waals surface area contributed by atoms with E-state index in [1.165, 1.54) is 11.8 Å². The van der Waals surface area contributed by atoms with E-state index < -0.39 is 0 Å². The number of nitrogens with one attached hydrogen (secondary N) is 1. The summed E-state index contributed by atoms with van der Waals surface area (Å²) in [6.07, 6.45) is 3.33. The zero-order valence-corrected chi connectivity index (χ0v) is 13.5. The third-order valence-corrected chi connectivity index (χ3v) is 4.24. The number of hydrogen-bond donors (Lipinski definition) is 2. The number of oxazole rings is 1. The van der Waals surface area contributed by atoms with Gasteiger partial charge < -0.3 is 14.8 Å². The number of thioether (sulfide) groups is 1. The topological polar surface area (TPSA) is 87.7 Å². The highest BCUT2D eigenvalue weighted by Crippen LogP contribution is 2.27. The van der Waals surface area contributed by atoms with Gasteiger partial charge in [-0.3, -0.25) is 9.79 Å². The zero-order valence-electron chi connectivity index (χ0n) is 12.7. The van der Waals surface area contributed by atoms with Crippen LogP contribution in [0.5, 0.6) is 0 Å². The lowest BCUT2D eigenvalue weighted by molar-refractivity contribution is -0.115. The van der Waals surface area contributed by atoms with Gasteiger partial charge in [0.2, 0.25) is 0 Å². The van der Waals surface area contributed by atoms with Gasteiger partial charge in [0.25, 0.3) is 5.91 Å². The molecule has 2 aromatic rings. The molecule has 0 aliphatic carbocycles. The molecule has 2 N–H and O–H groups in total. The van der Waals surface area contributed by atoms with Crippen molar-refractivity contribution in [1.82, 2.24) is 10.3 Å². The Bertz CT molecular complexity index is 795. The molecule has 1 fully saturated rings. The van der Waals surface area contributed by atoms with Gasteiger partial charge >= 0.3 is 0 Å². The van der Waals surface area contributed by atoms with Crippen molar-refractivity contribution in [2.45, 2.75) is 19.8 Å². The lowest BCUT2D eigenvalue weighted by Gasteiger charge is -1.95. The van der Waals surface area contributed by atoms with Crippen LogP contribution in [0, 0.1) is 6.92 Å². The summed E-state index contributed by atoms with van der Waals surface area (Å²) in [6.45, 7) is 2.57. The minimum atomic E-state index is -0.148. The number of aryl methyl sites for hydroxylation is 1. The molecule has 6 nitrogen and oxygen atoms in total. The molecule has 0 bridgehead atoms. The second-order valence-corrected chi connectivity index (χ2v) is 6.17. The van der Waals surface area contributed by atoms with Crippen molar-refractivity contribution in [1.29, 1.82) is 0 Å². The standard InChI is InChI=1S/C16H17N3O3S/c1-10-18-12-5-4-11(8-13(12)22-10)9-14-15(21)19-16(23-14)17-6-2-3-7-20/h4-5,8-9,20H,2-3,6-7H2,1H3,(H,17,19,21)/b14-9-. The number of amidine groups is 1. The molecule has 0 saturated carbocycles. The van der Waals surface area contributed by atoms with Crippen LogP contribution in [0.25, 0.3) is 17.2 Å². The van der Waals surface area contributed by atoms with Crippen molar-refractivity contribution in [3.8, 4) is 0 Å². The van der Waals surface area contributed by atoms with Crippen LogP contribution in [0.2, 0.25) is 0 Å². The minimum absolute atomic E-state index is 0.148. The molecule has 23 heavy (non-hydrogen) atoms. The van der Waals surface area contributed by atoms with E-state index in [9.17, 15) is 4.79 Å². The van der Waals surface area contributed by atoms with Crippen molar-refractivity contribution in [3.05, 3.63) is 34.6 Å². The highest BCUT2D eigenvalue weighted by atomic mass is 32.2. The summed E-state index contributed by atoms with van der Waals surface area (Å²) in [6, 6.07) is 5.65. The number of hydrogen-bond acceptors (Lipinski definition) is 6. The third-order valence-electron chi connectivity index (χ3n) is 3.29. The smallest absolute Gasteiger partial charge is 0.264 e. The minimum Gasteiger partial charge on any atom is -0.441 e. The first kappa shape index (κ1) is 15.8. The fourth-order valence-corrected chi connectivity index (χ4v) is 3.05. The number of unbranched alkanes of at least 4 members (excludes halogenated alkanes) is 1. The number of amides is 1. The number of carbonyl (C=O) groups excluding carboxylic acids is 1. The maximum absolute atomic E-state index is 12.0. The van der Waals surface area contributed by atoms with Crippen LogP contribution in [0.15, 0.2) is 32.5 Å². The van der Waals surface area contributed by atoms with Gasteiger partial charge in [-0.2, -0.15) is 0 Å². The molecule has 7 heteroatoms. The molecule has 1 aliphatic heterocycles. The molecule has 0 spiro atoms. The molecule has 1 amide bonds. The molecular formula is C16H17N3O3S. The van der Waals surface area contributed by atoms with Crippen molar-refractivity contribution in [3.63, 3.8) is 0 Å². The van der Waals surface area contributed by atoms with Crippen LogP contribution in [0.3, 0.4) is 0 Å². The predicted molar refractivity (Wildman–Crippen MR) is 91.1 cm³/mol. The summed E-state index contributed by atoms with van der Waals surface area (Å²) in [7, 11) is 0. The molecule has 1 aromatic heterocycles. The van der Waals surface area contributed by atoms with Gasteiger partial charge in [-0.25, -0.2) is 4.98 Å². The Morgan fingerprint density at radius 3 is 3.13 bits per heavy atom. The van der Waals surface area contributed by atoms with Gasteiger partial charge in [-0.05, 0) is 48.4 Å². The van der Waals surface area contributed by atoms with Crippen molar-refractivity contribution in [2.75, 3.05) is 13.2 Å². The highest BCUT2D eigenvalue weighted by Gasteiger charge is 2.23. The summed E-state index contributed by atoms with van der Waals surface area (Å²) in [5, 5.41) is 12.1. The average molecular weight is 331 g/mol. The van der Waals surface area contributed by atoms with Gasteiger partial charge in [0.15, 0.2) is 16.6 Å². The number of aliphatic hydroxyl groups is 1. The maximum Gasteiger partial charge on any atom is 0.264 e. The van der Waals surface area contributed by atoms with E-state index in [4.69, 9.17) is 9.52 Å². The molecule has 1 aliphatic rings. The Hall–Kier alpha value is -2.12. The number of fused-ring (bicyclic) bond motifs is 1. The SMILES string of the molecule is Cc1nc2ccc(/C=C3\S/C(=N/CCCCO)NC3=O)cc2o1. The number of rotatable bonds is 5. The number of benzene rings is 1. The van der Waals surface area contributed by atoms with Gasteiger partial charge in [-0.15, -0.1) is 0 Å². The summed E-state index contributed by atoms with van der Waals surface area (Å²) < 4.78 is 5.51. The second-order valence-electron chi connectivity index (χ2n) is 5.14. The van der Waals surface area contributed by atoms with Crippen LogP contribution < -0.4 is 5.32 Å². The lowest BCUT2D eigenvalue weighted by atomic mass is 10.2. The van der Waals surface area contributed by atoms with Crippen molar-refractivity contribution >= 4 is 40.0 Å². The van der Waals surface area contributed by atoms with E-state index in [-0.39, 0.29) is 12.5 Å². The van der Waals surface area contributed by atoms with Gasteiger partial charge in [0.05, 0.1) is 4.91 Å². The molecule has 120 valence electrons. The molecule has 3 rings (SSSR count). The van der Waals surface area contributed by atoms with Gasteiger partial charge in [0, 0.05) is 20.1 Å². The quantitative estimate of drug-likeness (QED) is 0.649. The van der Waals surface area contributed by atoms with Crippen LogP contribution in [0.1, 0.15) is 24.3 Å². The molecule has 0 unspecified atom stereocenters. The van der Waals surface area contributed by atoms with E-state index in [0.29, 0.717) is 34.5 Å². The first-order chi connectivity index (χ1) is 11.2. The van der Waals surface area contributed by atoms with Crippen LogP contribution in [-0.2, 0) is 4.79 Å². The molecular weight excluding hydrogens is 314 g/mol. The van der Waals surface area contributed by atoms with Crippen molar-refractivity contribution in [2.24, 2.45) is 4.99 Å². The summed E-state index contributed by atoms with van der Waals surface area (Å²) in [5.41, 5.74) is 2.39. The Morgan fingerprint density at radius 1 is 1.43 bits per heavy atom. The molecule has 1 aromatic carbocycles. The number of aliphatic imine (C=N–C) groups is 1. The van der Waals surface area contributed by atoms with Gasteiger partial charge in [-0.1, -0.05) is 6.07 Å². The first-order valence-corrected chi connectivity index (χ1v) is 8.21. The Morgan fingerprint density at radius 2 is 2.30 bits per heavy atom. The van der Waals surface area contributed by atoms with E-state index in [1.807, 2.05) is 24.3 Å². The zero-order chi connectivity index (χ0) is 16.2. The average Bonchev–Trinajstić information content (AvgIpc) is 3.05. The first-order valence-electron chi connectivity index (χ1n) is 7.39. The number of aliphatic hydroxyl groups excluding tert-OH is 1. The summed E-state index contributed by atoms with van der Waals surface area (Å²) >= 11 is 1.32. The number of aromatic nitrogens is 1. The van der Waals surface area contributed by atoms with E-state index in [0.717, 1.165) is 17.5 Å². The number of carbonyl (C=O) groups is 1. The summed E-state index contributed by atoms with van der Waals surface area (Å²) in [5.74, 6) is 0.472. The molecule has 0 atom stereocenters. The van der Waals surface area contributed by atoms with Crippen molar-refractivity contribution < 1.29 is 14.3 Å². The Labute approximate surface area is 137 Å². The lowest BCUT2D eigenvalue weighted by Crippen LogP contribution is -2.19. The van der Waals surface area contributed by atoms with Crippen LogP contribution in [0.4, 0.5) is 0 Å². The largest absolute Gasteiger partial charge is 0.441 e. The van der Waals surface area contributed by atoms with E-state index in [2.05, 4.69) is 15.3 Å². The fraction of sp³-hybridized carbons (Fsp3) is 0.312. The molecule has 2 heterocycles. The van der Waals surface area contributed by atoms with E-state index >= 15 is 0 Å². The predicted octanol–water partition coefficient (Wildman–Crippen LogP) is 2.47. The maximum atomic E-state index is 12.0. The monoisotopic (exact) mass is 331 g/mol. The van der Waals surface area contributed by atoms with Crippen LogP contribution >= 0.6 is 11.8 Å². The molecule has 1 saturated heterocycles. The second kappa shape index (κ2) is 6.97. The highest BCUT2D eigenvalue weighted by molar-refractivity contribution is 8.18.